The second-order valence-corrected chi connectivity index (χ2v) is 3.49. The molecule has 0 N–H and O–H groups in total. The van der Waals surface area contributed by atoms with Crippen molar-refractivity contribution in [1.82, 2.24) is 4.98 Å². The molecule has 0 amide bonds. The van der Waals surface area contributed by atoms with Gasteiger partial charge in [0, 0.05) is 22.8 Å². The third-order valence-electron chi connectivity index (χ3n) is 1.73. The van der Waals surface area contributed by atoms with Crippen molar-refractivity contribution in [3.05, 3.63) is 28.0 Å². The molecule has 0 fully saturated rings. The highest BCUT2D eigenvalue weighted by atomic mass is 79.9. The number of aryl methyl sites for hydroxylation is 1. The molecule has 0 aliphatic heterocycles. The van der Waals surface area contributed by atoms with Crippen LogP contribution in [-0.4, -0.2) is 4.98 Å². The Labute approximate surface area is 88.2 Å². The fourth-order valence-corrected chi connectivity index (χ4v) is 2.06. The molecular formula is C8H7BrClF2N. The van der Waals surface area contributed by atoms with E-state index in [1.165, 1.54) is 6.20 Å². The van der Waals surface area contributed by atoms with E-state index in [1.807, 2.05) is 0 Å². The molecule has 1 heterocycles. The lowest BCUT2D eigenvalue weighted by Gasteiger charge is -2.10. The van der Waals surface area contributed by atoms with E-state index in [0.29, 0.717) is 16.6 Å². The lowest BCUT2D eigenvalue weighted by atomic mass is 10.1. The molecular weight excluding hydrogens is 263 g/mol. The summed E-state index contributed by atoms with van der Waals surface area (Å²) in [4.78, 5) is 3.78. The summed E-state index contributed by atoms with van der Waals surface area (Å²) in [5.41, 5.74) is 0.683. The number of pyridine rings is 1. The molecule has 0 saturated heterocycles. The second-order valence-electron chi connectivity index (χ2n) is 2.52. The van der Waals surface area contributed by atoms with Gasteiger partial charge in [0.2, 0.25) is 0 Å². The molecule has 0 saturated carbocycles. The van der Waals surface area contributed by atoms with Crippen molar-refractivity contribution >= 4 is 27.5 Å². The zero-order chi connectivity index (χ0) is 10.0. The number of halogens is 4. The smallest absolute Gasteiger partial charge is 0.260 e. The number of hydrogen-bond donors (Lipinski definition) is 0. The summed E-state index contributed by atoms with van der Waals surface area (Å²) in [7, 11) is 0. The van der Waals surface area contributed by atoms with Crippen molar-refractivity contribution in [3.63, 3.8) is 0 Å². The number of nitrogens with zero attached hydrogens (tertiary/aromatic N) is 1. The normalized spacial score (nSPS) is 10.9. The summed E-state index contributed by atoms with van der Waals surface area (Å²) < 4.78 is 25.1. The molecule has 13 heavy (non-hydrogen) atoms. The van der Waals surface area contributed by atoms with E-state index < -0.39 is 6.43 Å². The van der Waals surface area contributed by atoms with Crippen LogP contribution in [0.4, 0.5) is 8.78 Å². The predicted octanol–water partition coefficient (Wildman–Crippen LogP) is 3.88. The average molecular weight is 271 g/mol. The van der Waals surface area contributed by atoms with Crippen LogP contribution in [0.2, 0.25) is 5.02 Å². The van der Waals surface area contributed by atoms with Crippen LogP contribution in [0.15, 0.2) is 6.20 Å². The van der Waals surface area contributed by atoms with Crippen LogP contribution in [-0.2, 0) is 5.33 Å². The first-order chi connectivity index (χ1) is 6.07. The van der Waals surface area contributed by atoms with Gasteiger partial charge in [0.05, 0.1) is 5.02 Å². The summed E-state index contributed by atoms with van der Waals surface area (Å²) in [6, 6.07) is 0. The molecule has 0 aliphatic carbocycles. The van der Waals surface area contributed by atoms with Crippen molar-refractivity contribution in [2.75, 3.05) is 0 Å². The van der Waals surface area contributed by atoms with Crippen molar-refractivity contribution in [2.24, 2.45) is 0 Å². The van der Waals surface area contributed by atoms with Crippen molar-refractivity contribution in [3.8, 4) is 0 Å². The zero-order valence-corrected chi connectivity index (χ0v) is 9.16. The predicted molar refractivity (Wildman–Crippen MR) is 51.6 cm³/mol. The van der Waals surface area contributed by atoms with Gasteiger partial charge in [0.25, 0.3) is 6.43 Å². The zero-order valence-electron chi connectivity index (χ0n) is 6.82. The minimum Gasteiger partial charge on any atom is -0.260 e. The van der Waals surface area contributed by atoms with Gasteiger partial charge in [-0.1, -0.05) is 27.5 Å². The van der Waals surface area contributed by atoms with Crippen LogP contribution in [0.5, 0.6) is 0 Å². The van der Waals surface area contributed by atoms with Crippen LogP contribution in [0, 0.1) is 6.92 Å². The quantitative estimate of drug-likeness (QED) is 0.743. The molecule has 1 aromatic heterocycles. The fourth-order valence-electron chi connectivity index (χ4n) is 1.07. The highest BCUT2D eigenvalue weighted by molar-refractivity contribution is 9.08. The van der Waals surface area contributed by atoms with Gasteiger partial charge < -0.3 is 0 Å². The maximum absolute atomic E-state index is 12.5. The van der Waals surface area contributed by atoms with E-state index >= 15 is 0 Å². The highest BCUT2D eigenvalue weighted by Crippen LogP contribution is 2.31. The largest absolute Gasteiger partial charge is 0.265 e. The summed E-state index contributed by atoms with van der Waals surface area (Å²) >= 11 is 8.84. The molecule has 1 nitrogen and oxygen atoms in total. The number of hydrogen-bond acceptors (Lipinski definition) is 1. The van der Waals surface area contributed by atoms with E-state index in [2.05, 4.69) is 20.9 Å². The van der Waals surface area contributed by atoms with Crippen LogP contribution in [0.25, 0.3) is 0 Å². The molecule has 0 spiro atoms. The Balaban J connectivity index is 3.35. The van der Waals surface area contributed by atoms with Gasteiger partial charge in [-0.2, -0.15) is 0 Å². The van der Waals surface area contributed by atoms with Crippen molar-refractivity contribution in [2.45, 2.75) is 18.7 Å². The lowest BCUT2D eigenvalue weighted by Crippen LogP contribution is -1.99. The highest BCUT2D eigenvalue weighted by Gasteiger charge is 2.18. The molecule has 1 aromatic rings. The lowest BCUT2D eigenvalue weighted by molar-refractivity contribution is 0.149. The van der Waals surface area contributed by atoms with E-state index in [4.69, 9.17) is 11.6 Å². The third-order valence-corrected chi connectivity index (χ3v) is 2.61. The van der Waals surface area contributed by atoms with E-state index in [0.717, 1.165) is 0 Å². The molecule has 1 rings (SSSR count). The van der Waals surface area contributed by atoms with Gasteiger partial charge in [-0.25, -0.2) is 8.78 Å². The number of aromatic nitrogens is 1. The minimum atomic E-state index is -2.53. The molecule has 0 bridgehead atoms. The molecule has 0 aliphatic rings. The second kappa shape index (κ2) is 4.33. The SMILES string of the molecule is Cc1ncc(Cl)c(CBr)c1C(F)F. The fraction of sp³-hybridized carbons (Fsp3) is 0.375. The van der Waals surface area contributed by atoms with Gasteiger partial charge in [0.1, 0.15) is 0 Å². The Morgan fingerprint density at radius 3 is 2.62 bits per heavy atom. The summed E-state index contributed by atoms with van der Waals surface area (Å²) in [5.74, 6) is 0. The van der Waals surface area contributed by atoms with Gasteiger partial charge in [-0.3, -0.25) is 4.98 Å². The Bertz CT molecular complexity index is 317. The van der Waals surface area contributed by atoms with E-state index in [1.54, 1.807) is 6.92 Å². The van der Waals surface area contributed by atoms with Gasteiger partial charge >= 0.3 is 0 Å². The first kappa shape index (κ1) is 10.9. The average Bonchev–Trinajstić information content (AvgIpc) is 2.07. The summed E-state index contributed by atoms with van der Waals surface area (Å²) in [5, 5.41) is 0.590. The monoisotopic (exact) mass is 269 g/mol. The summed E-state index contributed by atoms with van der Waals surface area (Å²) in [6.45, 7) is 1.55. The van der Waals surface area contributed by atoms with Crippen molar-refractivity contribution in [1.29, 1.82) is 0 Å². The molecule has 0 atom stereocenters. The van der Waals surface area contributed by atoms with Crippen molar-refractivity contribution < 1.29 is 8.78 Å². The molecule has 0 aromatic carbocycles. The van der Waals surface area contributed by atoms with Gasteiger partial charge in [-0.15, -0.1) is 0 Å². The van der Waals surface area contributed by atoms with Crippen LogP contribution >= 0.6 is 27.5 Å². The maximum atomic E-state index is 12.5. The van der Waals surface area contributed by atoms with Crippen LogP contribution in [0.1, 0.15) is 23.2 Å². The first-order valence-electron chi connectivity index (χ1n) is 3.56. The molecule has 5 heteroatoms. The Kier molecular flexibility index (Phi) is 3.62. The molecule has 0 radical (unpaired) electrons. The minimum absolute atomic E-state index is 0.0654. The Morgan fingerprint density at radius 1 is 1.62 bits per heavy atom. The van der Waals surface area contributed by atoms with E-state index in [9.17, 15) is 8.78 Å². The topological polar surface area (TPSA) is 12.9 Å². The number of rotatable bonds is 2. The van der Waals surface area contributed by atoms with Gasteiger partial charge in [-0.05, 0) is 12.5 Å². The maximum Gasteiger partial charge on any atom is 0.265 e. The third kappa shape index (κ3) is 2.17. The van der Waals surface area contributed by atoms with Crippen LogP contribution < -0.4 is 0 Å². The summed E-state index contributed by atoms with van der Waals surface area (Å²) in [6.07, 6.45) is -1.14. The first-order valence-corrected chi connectivity index (χ1v) is 5.05. The van der Waals surface area contributed by atoms with E-state index in [-0.39, 0.29) is 10.6 Å². The molecule has 72 valence electrons. The Hall–Kier alpha value is -0.220. The standard InChI is InChI=1S/C8H7BrClF2N/c1-4-7(8(11)12)5(2-9)6(10)3-13-4/h3,8H,2H2,1H3. The van der Waals surface area contributed by atoms with Gasteiger partial charge in [0.15, 0.2) is 0 Å². The van der Waals surface area contributed by atoms with Crippen LogP contribution in [0.3, 0.4) is 0 Å². The Morgan fingerprint density at radius 2 is 2.23 bits per heavy atom. The number of alkyl halides is 3. The molecule has 0 unspecified atom stereocenters.